The summed E-state index contributed by atoms with van der Waals surface area (Å²) in [6.07, 6.45) is 0. The van der Waals surface area contributed by atoms with Crippen molar-refractivity contribution in [3.63, 3.8) is 0 Å². The molecule has 0 saturated carbocycles. The molecule has 100 valence electrons. The molecule has 18 heavy (non-hydrogen) atoms. The van der Waals surface area contributed by atoms with Crippen molar-refractivity contribution in [2.75, 3.05) is 20.3 Å². The van der Waals surface area contributed by atoms with Crippen LogP contribution in [0.1, 0.15) is 13.8 Å². The number of aliphatic hydroxyl groups excluding tert-OH is 1. The van der Waals surface area contributed by atoms with E-state index < -0.39 is 5.54 Å². The fourth-order valence-electron chi connectivity index (χ4n) is 1.27. The Bertz CT molecular complexity index is 386. The van der Waals surface area contributed by atoms with Gasteiger partial charge in [-0.15, -0.1) is 0 Å². The number of carbonyl (C=O) groups excluding carboxylic acids is 1. The molecule has 5 heteroatoms. The minimum absolute atomic E-state index is 0.0875. The SMILES string of the molecule is COc1ccc(OCC(=O)NC(C)(C)CO)cc1. The van der Waals surface area contributed by atoms with Gasteiger partial charge in [-0.2, -0.15) is 0 Å². The first kappa shape index (κ1) is 14.3. The summed E-state index contributed by atoms with van der Waals surface area (Å²) in [5, 5.41) is 11.7. The van der Waals surface area contributed by atoms with Crippen LogP contribution in [-0.4, -0.2) is 36.9 Å². The second-order valence-corrected chi connectivity index (χ2v) is 4.55. The number of nitrogens with one attached hydrogen (secondary N) is 1. The van der Waals surface area contributed by atoms with Gasteiger partial charge < -0.3 is 19.9 Å². The van der Waals surface area contributed by atoms with Crippen LogP contribution in [0.3, 0.4) is 0 Å². The van der Waals surface area contributed by atoms with Crippen LogP contribution in [0.4, 0.5) is 0 Å². The van der Waals surface area contributed by atoms with E-state index in [1.165, 1.54) is 0 Å². The number of amides is 1. The molecular formula is C13H19NO4. The van der Waals surface area contributed by atoms with Crippen molar-refractivity contribution in [3.05, 3.63) is 24.3 Å². The first-order chi connectivity index (χ1) is 8.46. The Kier molecular flexibility index (Phi) is 4.97. The van der Waals surface area contributed by atoms with Crippen molar-refractivity contribution < 1.29 is 19.4 Å². The van der Waals surface area contributed by atoms with Crippen LogP contribution in [0.2, 0.25) is 0 Å². The second-order valence-electron chi connectivity index (χ2n) is 4.55. The lowest BCUT2D eigenvalue weighted by atomic mass is 10.1. The van der Waals surface area contributed by atoms with Gasteiger partial charge in [0.15, 0.2) is 6.61 Å². The third-order valence-corrected chi connectivity index (χ3v) is 2.30. The van der Waals surface area contributed by atoms with Crippen molar-refractivity contribution in [1.29, 1.82) is 0 Å². The Morgan fingerprint density at radius 1 is 1.28 bits per heavy atom. The highest BCUT2D eigenvalue weighted by atomic mass is 16.5. The second kappa shape index (κ2) is 6.26. The predicted molar refractivity (Wildman–Crippen MR) is 67.8 cm³/mol. The van der Waals surface area contributed by atoms with Gasteiger partial charge in [0.2, 0.25) is 0 Å². The average Bonchev–Trinajstić information content (AvgIpc) is 2.36. The summed E-state index contributed by atoms with van der Waals surface area (Å²) >= 11 is 0. The molecule has 1 aromatic carbocycles. The number of ether oxygens (including phenoxy) is 2. The minimum Gasteiger partial charge on any atom is -0.497 e. The monoisotopic (exact) mass is 253 g/mol. The molecule has 1 amide bonds. The van der Waals surface area contributed by atoms with Crippen LogP contribution in [0.25, 0.3) is 0 Å². The third kappa shape index (κ3) is 4.63. The molecule has 0 aliphatic heterocycles. The van der Waals surface area contributed by atoms with Crippen molar-refractivity contribution in [3.8, 4) is 11.5 Å². The fraction of sp³-hybridized carbons (Fsp3) is 0.462. The maximum Gasteiger partial charge on any atom is 0.258 e. The molecule has 1 aromatic rings. The molecule has 0 heterocycles. The lowest BCUT2D eigenvalue weighted by molar-refractivity contribution is -0.125. The number of hydrogen-bond acceptors (Lipinski definition) is 4. The maximum atomic E-state index is 11.5. The van der Waals surface area contributed by atoms with Gasteiger partial charge in [-0.3, -0.25) is 4.79 Å². The molecule has 0 fully saturated rings. The molecule has 0 spiro atoms. The molecule has 2 N–H and O–H groups in total. The zero-order chi connectivity index (χ0) is 13.6. The van der Waals surface area contributed by atoms with Gasteiger partial charge in [-0.05, 0) is 38.1 Å². The maximum absolute atomic E-state index is 11.5. The quantitative estimate of drug-likeness (QED) is 0.792. The van der Waals surface area contributed by atoms with E-state index in [9.17, 15) is 4.79 Å². The standard InChI is InChI=1S/C13H19NO4/c1-13(2,9-15)14-12(16)8-18-11-6-4-10(17-3)5-7-11/h4-7,15H,8-9H2,1-3H3,(H,14,16). The molecule has 0 saturated heterocycles. The van der Waals surface area contributed by atoms with Gasteiger partial charge in [-0.1, -0.05) is 0 Å². The average molecular weight is 253 g/mol. The molecule has 0 bridgehead atoms. The Morgan fingerprint density at radius 2 is 1.83 bits per heavy atom. The van der Waals surface area contributed by atoms with Gasteiger partial charge in [0.05, 0.1) is 19.3 Å². The van der Waals surface area contributed by atoms with Crippen LogP contribution in [0, 0.1) is 0 Å². The van der Waals surface area contributed by atoms with E-state index in [0.717, 1.165) is 5.75 Å². The van der Waals surface area contributed by atoms with Gasteiger partial charge in [0, 0.05) is 0 Å². The number of benzene rings is 1. The topological polar surface area (TPSA) is 67.8 Å². The molecule has 0 atom stereocenters. The van der Waals surface area contributed by atoms with E-state index in [0.29, 0.717) is 5.75 Å². The largest absolute Gasteiger partial charge is 0.497 e. The van der Waals surface area contributed by atoms with E-state index in [1.807, 2.05) is 0 Å². The minimum atomic E-state index is -0.639. The van der Waals surface area contributed by atoms with E-state index in [1.54, 1.807) is 45.2 Å². The molecule has 0 unspecified atom stereocenters. The number of hydrogen-bond donors (Lipinski definition) is 2. The van der Waals surface area contributed by atoms with E-state index in [2.05, 4.69) is 5.32 Å². The normalized spacial score (nSPS) is 10.9. The molecule has 0 radical (unpaired) electrons. The molecule has 5 nitrogen and oxygen atoms in total. The number of aliphatic hydroxyl groups is 1. The summed E-state index contributed by atoms with van der Waals surface area (Å²) in [5.74, 6) is 1.05. The Balaban J connectivity index is 2.42. The van der Waals surface area contributed by atoms with Crippen molar-refractivity contribution in [1.82, 2.24) is 5.32 Å². The van der Waals surface area contributed by atoms with Crippen molar-refractivity contribution in [2.45, 2.75) is 19.4 Å². The van der Waals surface area contributed by atoms with Crippen LogP contribution in [-0.2, 0) is 4.79 Å². The first-order valence-corrected chi connectivity index (χ1v) is 5.65. The number of rotatable bonds is 6. The van der Waals surface area contributed by atoms with Crippen LogP contribution < -0.4 is 14.8 Å². The lowest BCUT2D eigenvalue weighted by Gasteiger charge is -2.23. The lowest BCUT2D eigenvalue weighted by Crippen LogP contribution is -2.48. The Labute approximate surface area is 107 Å². The van der Waals surface area contributed by atoms with E-state index >= 15 is 0 Å². The summed E-state index contributed by atoms with van der Waals surface area (Å²) in [6.45, 7) is 3.26. The smallest absolute Gasteiger partial charge is 0.258 e. The van der Waals surface area contributed by atoms with Gasteiger partial charge in [0.1, 0.15) is 11.5 Å². The third-order valence-electron chi connectivity index (χ3n) is 2.30. The Morgan fingerprint density at radius 3 is 2.33 bits per heavy atom. The predicted octanol–water partition coefficient (Wildman–Crippen LogP) is 0.961. The molecule has 0 aliphatic carbocycles. The highest BCUT2D eigenvalue weighted by Gasteiger charge is 2.19. The molecule has 0 aromatic heterocycles. The van der Waals surface area contributed by atoms with E-state index in [-0.39, 0.29) is 19.1 Å². The first-order valence-electron chi connectivity index (χ1n) is 5.65. The summed E-state index contributed by atoms with van der Waals surface area (Å²) < 4.78 is 10.3. The van der Waals surface area contributed by atoms with Crippen LogP contribution >= 0.6 is 0 Å². The van der Waals surface area contributed by atoms with Gasteiger partial charge >= 0.3 is 0 Å². The highest BCUT2D eigenvalue weighted by molar-refractivity contribution is 5.78. The van der Waals surface area contributed by atoms with Gasteiger partial charge in [0.25, 0.3) is 5.91 Å². The summed E-state index contributed by atoms with van der Waals surface area (Å²) in [4.78, 5) is 11.5. The highest BCUT2D eigenvalue weighted by Crippen LogP contribution is 2.16. The fourth-order valence-corrected chi connectivity index (χ4v) is 1.27. The van der Waals surface area contributed by atoms with Gasteiger partial charge in [-0.25, -0.2) is 0 Å². The number of carbonyl (C=O) groups is 1. The van der Waals surface area contributed by atoms with Crippen LogP contribution in [0.15, 0.2) is 24.3 Å². The zero-order valence-electron chi connectivity index (χ0n) is 10.9. The molecule has 1 rings (SSSR count). The van der Waals surface area contributed by atoms with E-state index in [4.69, 9.17) is 14.6 Å². The summed E-state index contributed by atoms with van der Waals surface area (Å²) in [6, 6.07) is 6.96. The summed E-state index contributed by atoms with van der Waals surface area (Å²) in [5.41, 5.74) is -0.639. The van der Waals surface area contributed by atoms with Crippen molar-refractivity contribution >= 4 is 5.91 Å². The van der Waals surface area contributed by atoms with Crippen molar-refractivity contribution in [2.24, 2.45) is 0 Å². The molecular weight excluding hydrogens is 234 g/mol. The zero-order valence-corrected chi connectivity index (χ0v) is 10.9. The molecule has 0 aliphatic rings. The Hall–Kier alpha value is -1.75. The van der Waals surface area contributed by atoms with Crippen LogP contribution in [0.5, 0.6) is 11.5 Å². The summed E-state index contributed by atoms with van der Waals surface area (Å²) in [7, 11) is 1.58. The number of methoxy groups -OCH3 is 1.